The van der Waals surface area contributed by atoms with E-state index in [0.29, 0.717) is 18.9 Å². The zero-order valence-electron chi connectivity index (χ0n) is 16.0. The second kappa shape index (κ2) is 9.13. The number of carbonyl (C=O) groups excluding carboxylic acids is 2. The number of nitrogens with zero attached hydrogens (tertiary/aromatic N) is 2. The van der Waals surface area contributed by atoms with Gasteiger partial charge in [-0.2, -0.15) is 0 Å². The fraction of sp³-hybridized carbons (Fsp3) is 0.476. The molecule has 1 N–H and O–H groups in total. The molecule has 1 aliphatic rings. The van der Waals surface area contributed by atoms with Crippen molar-refractivity contribution in [3.05, 3.63) is 51.5 Å². The van der Waals surface area contributed by atoms with Gasteiger partial charge in [-0.25, -0.2) is 4.98 Å². The van der Waals surface area contributed by atoms with Crippen LogP contribution >= 0.6 is 11.3 Å². The molecular weight excluding hydrogens is 358 g/mol. The zero-order chi connectivity index (χ0) is 19.2. The van der Waals surface area contributed by atoms with Gasteiger partial charge >= 0.3 is 0 Å². The van der Waals surface area contributed by atoms with E-state index in [1.807, 2.05) is 43.0 Å². The predicted molar refractivity (Wildman–Crippen MR) is 108 cm³/mol. The van der Waals surface area contributed by atoms with Gasteiger partial charge in [0.05, 0.1) is 10.7 Å². The quantitative estimate of drug-likeness (QED) is 0.827. The molecule has 0 aliphatic carbocycles. The maximum atomic E-state index is 12.7. The first-order chi connectivity index (χ1) is 13.1. The first-order valence-electron chi connectivity index (χ1n) is 9.64. The van der Waals surface area contributed by atoms with Gasteiger partial charge in [0.1, 0.15) is 0 Å². The molecule has 1 fully saturated rings. The van der Waals surface area contributed by atoms with Crippen LogP contribution in [0.25, 0.3) is 0 Å². The highest BCUT2D eigenvalue weighted by atomic mass is 32.1. The van der Waals surface area contributed by atoms with Gasteiger partial charge in [-0.05, 0) is 31.4 Å². The summed E-state index contributed by atoms with van der Waals surface area (Å²) < 4.78 is 0. The van der Waals surface area contributed by atoms with Gasteiger partial charge in [-0.1, -0.05) is 25.1 Å². The maximum absolute atomic E-state index is 12.7. The molecular formula is C21H27N3O2S. The lowest BCUT2D eigenvalue weighted by atomic mass is 9.96. The van der Waals surface area contributed by atoms with Gasteiger partial charge in [0.25, 0.3) is 5.91 Å². The van der Waals surface area contributed by atoms with Crippen LogP contribution < -0.4 is 5.32 Å². The summed E-state index contributed by atoms with van der Waals surface area (Å²) in [4.78, 5) is 30.8. The Morgan fingerprint density at radius 2 is 2.00 bits per heavy atom. The van der Waals surface area contributed by atoms with Crippen LogP contribution in [0.15, 0.2) is 29.6 Å². The van der Waals surface area contributed by atoms with E-state index in [-0.39, 0.29) is 11.8 Å². The predicted octanol–water partition coefficient (Wildman–Crippen LogP) is 3.54. The number of rotatable bonds is 6. The van der Waals surface area contributed by atoms with Crippen LogP contribution in [0.2, 0.25) is 0 Å². The van der Waals surface area contributed by atoms with Crippen LogP contribution in [0, 0.1) is 6.92 Å². The molecule has 2 aromatic rings. The van der Waals surface area contributed by atoms with Crippen molar-refractivity contribution in [1.82, 2.24) is 15.2 Å². The van der Waals surface area contributed by atoms with Crippen LogP contribution in [0.1, 0.15) is 58.7 Å². The first kappa shape index (κ1) is 19.5. The summed E-state index contributed by atoms with van der Waals surface area (Å²) in [7, 11) is 0. The third-order valence-electron chi connectivity index (χ3n) is 5.10. The lowest BCUT2D eigenvalue weighted by Crippen LogP contribution is -2.38. The highest BCUT2D eigenvalue weighted by Crippen LogP contribution is 2.31. The molecule has 144 valence electrons. The van der Waals surface area contributed by atoms with Crippen molar-refractivity contribution in [3.63, 3.8) is 0 Å². The van der Waals surface area contributed by atoms with E-state index in [1.165, 1.54) is 0 Å². The summed E-state index contributed by atoms with van der Waals surface area (Å²) in [5.74, 6) is 0.643. The lowest BCUT2D eigenvalue weighted by molar-refractivity contribution is -0.120. The molecule has 0 bridgehead atoms. The number of hydrogen-bond donors (Lipinski definition) is 1. The van der Waals surface area contributed by atoms with E-state index in [0.717, 1.165) is 54.2 Å². The Labute approximate surface area is 164 Å². The van der Waals surface area contributed by atoms with Crippen LogP contribution in [0.4, 0.5) is 0 Å². The summed E-state index contributed by atoms with van der Waals surface area (Å²) in [6, 6.07) is 7.79. The van der Waals surface area contributed by atoms with Crippen LogP contribution in [0.5, 0.6) is 0 Å². The minimum Gasteiger partial charge on any atom is -0.356 e. The van der Waals surface area contributed by atoms with Crippen molar-refractivity contribution in [2.75, 3.05) is 19.6 Å². The number of thiazole rings is 1. The molecule has 0 unspecified atom stereocenters. The monoisotopic (exact) mass is 385 g/mol. The van der Waals surface area contributed by atoms with E-state index in [9.17, 15) is 9.59 Å². The van der Waals surface area contributed by atoms with Crippen molar-refractivity contribution in [3.8, 4) is 0 Å². The number of benzene rings is 1. The van der Waals surface area contributed by atoms with Crippen LogP contribution in [0.3, 0.4) is 0 Å². The molecule has 0 atom stereocenters. The van der Waals surface area contributed by atoms with E-state index in [4.69, 9.17) is 4.98 Å². The Hall–Kier alpha value is -2.21. The largest absolute Gasteiger partial charge is 0.356 e. The topological polar surface area (TPSA) is 62.3 Å². The van der Waals surface area contributed by atoms with Crippen molar-refractivity contribution >= 4 is 23.2 Å². The molecule has 0 spiro atoms. The SMILES string of the molecule is CCC(=O)NCCc1csc(C2CCN(C(=O)c3ccccc3C)CC2)n1. The lowest BCUT2D eigenvalue weighted by Gasteiger charge is -2.31. The summed E-state index contributed by atoms with van der Waals surface area (Å²) in [6.07, 6.45) is 3.20. The Morgan fingerprint density at radius 3 is 2.70 bits per heavy atom. The van der Waals surface area contributed by atoms with Gasteiger partial charge in [-0.15, -0.1) is 11.3 Å². The molecule has 0 saturated carbocycles. The number of piperidine rings is 1. The van der Waals surface area contributed by atoms with E-state index in [1.54, 1.807) is 11.3 Å². The second-order valence-corrected chi connectivity index (χ2v) is 7.90. The minimum atomic E-state index is 0.0798. The average molecular weight is 386 g/mol. The Kier molecular flexibility index (Phi) is 6.61. The Bertz CT molecular complexity index is 794. The zero-order valence-corrected chi connectivity index (χ0v) is 16.8. The molecule has 2 heterocycles. The third-order valence-corrected chi connectivity index (χ3v) is 6.16. The van der Waals surface area contributed by atoms with Crippen LogP contribution in [-0.4, -0.2) is 41.3 Å². The molecule has 3 rings (SSSR count). The molecule has 1 aromatic carbocycles. The van der Waals surface area contributed by atoms with E-state index >= 15 is 0 Å². The number of nitrogens with one attached hydrogen (secondary N) is 1. The highest BCUT2D eigenvalue weighted by Gasteiger charge is 2.26. The van der Waals surface area contributed by atoms with E-state index in [2.05, 4.69) is 10.7 Å². The van der Waals surface area contributed by atoms with E-state index < -0.39 is 0 Å². The number of hydrogen-bond acceptors (Lipinski definition) is 4. The second-order valence-electron chi connectivity index (χ2n) is 7.01. The van der Waals surface area contributed by atoms with Gasteiger partial charge in [0.15, 0.2) is 0 Å². The number of aryl methyl sites for hydroxylation is 1. The summed E-state index contributed by atoms with van der Waals surface area (Å²) in [5.41, 5.74) is 2.88. The number of likely N-dealkylation sites (tertiary alicyclic amines) is 1. The first-order valence-corrected chi connectivity index (χ1v) is 10.5. The van der Waals surface area contributed by atoms with Crippen molar-refractivity contribution in [1.29, 1.82) is 0 Å². The molecule has 6 heteroatoms. The average Bonchev–Trinajstić information content (AvgIpc) is 3.16. The number of carbonyl (C=O) groups is 2. The third kappa shape index (κ3) is 4.95. The van der Waals surface area contributed by atoms with Crippen molar-refractivity contribution < 1.29 is 9.59 Å². The maximum Gasteiger partial charge on any atom is 0.254 e. The fourth-order valence-electron chi connectivity index (χ4n) is 3.39. The Morgan fingerprint density at radius 1 is 1.26 bits per heavy atom. The van der Waals surface area contributed by atoms with Gasteiger partial charge in [-0.3, -0.25) is 9.59 Å². The molecule has 2 amide bonds. The summed E-state index contributed by atoms with van der Waals surface area (Å²) in [6.45, 7) is 6.03. The molecule has 1 aliphatic heterocycles. The fourth-order valence-corrected chi connectivity index (χ4v) is 4.42. The van der Waals surface area contributed by atoms with Gasteiger partial charge in [0.2, 0.25) is 5.91 Å². The van der Waals surface area contributed by atoms with Crippen LogP contribution in [-0.2, 0) is 11.2 Å². The highest BCUT2D eigenvalue weighted by molar-refractivity contribution is 7.09. The number of amides is 2. The van der Waals surface area contributed by atoms with Gasteiger partial charge < -0.3 is 10.2 Å². The van der Waals surface area contributed by atoms with Crippen molar-refractivity contribution in [2.45, 2.75) is 45.4 Å². The Balaban J connectivity index is 1.51. The minimum absolute atomic E-state index is 0.0798. The molecule has 27 heavy (non-hydrogen) atoms. The molecule has 1 aromatic heterocycles. The molecule has 0 radical (unpaired) electrons. The summed E-state index contributed by atoms with van der Waals surface area (Å²) in [5, 5.41) is 6.15. The van der Waals surface area contributed by atoms with Crippen molar-refractivity contribution in [2.24, 2.45) is 0 Å². The summed E-state index contributed by atoms with van der Waals surface area (Å²) >= 11 is 1.70. The van der Waals surface area contributed by atoms with Gasteiger partial charge in [0, 0.05) is 49.3 Å². The normalized spacial score (nSPS) is 15.0. The smallest absolute Gasteiger partial charge is 0.254 e. The number of aromatic nitrogens is 1. The standard InChI is InChI=1S/C21H27N3O2S/c1-3-19(25)22-11-8-17-14-27-20(23-17)16-9-12-24(13-10-16)21(26)18-7-5-4-6-15(18)2/h4-7,14,16H,3,8-13H2,1-2H3,(H,22,25). The molecule has 5 nitrogen and oxygen atoms in total. The molecule has 1 saturated heterocycles.